The lowest BCUT2D eigenvalue weighted by atomic mass is 10.1. The number of sulfonamides is 1. The number of hydrogen-bond donors (Lipinski definition) is 1. The van der Waals surface area contributed by atoms with E-state index < -0.39 is 40.2 Å². The molecule has 1 unspecified atom stereocenters. The van der Waals surface area contributed by atoms with Gasteiger partial charge in [-0.3, -0.25) is 13.9 Å². The molecular formula is C25H24Cl2FN3O4S. The van der Waals surface area contributed by atoms with E-state index in [1.54, 1.807) is 42.5 Å². The maximum Gasteiger partial charge on any atom is 0.264 e. The molecule has 0 radical (unpaired) electrons. The predicted molar refractivity (Wildman–Crippen MR) is 138 cm³/mol. The minimum Gasteiger partial charge on any atom is -0.357 e. The molecule has 36 heavy (non-hydrogen) atoms. The van der Waals surface area contributed by atoms with Crippen molar-refractivity contribution in [3.05, 3.63) is 94.2 Å². The molecule has 0 bridgehead atoms. The molecule has 0 aromatic heterocycles. The van der Waals surface area contributed by atoms with Gasteiger partial charge in [-0.25, -0.2) is 12.8 Å². The SMILES string of the molecule is CNC(=O)C(C)N(Cc1cccc(Cl)c1)C(=O)CN(c1ccc(F)c(Cl)c1)S(=O)(=O)c1ccccc1. The second-order valence-corrected chi connectivity index (χ2v) is 10.6. The number of amides is 2. The summed E-state index contributed by atoms with van der Waals surface area (Å²) in [5, 5.41) is 2.65. The molecule has 0 fully saturated rings. The monoisotopic (exact) mass is 551 g/mol. The summed E-state index contributed by atoms with van der Waals surface area (Å²) in [5.41, 5.74) is 0.641. The van der Waals surface area contributed by atoms with Crippen molar-refractivity contribution in [3.8, 4) is 0 Å². The molecule has 7 nitrogen and oxygen atoms in total. The Bertz CT molecular complexity index is 1360. The molecule has 0 heterocycles. The largest absolute Gasteiger partial charge is 0.357 e. The Hall–Kier alpha value is -3.14. The van der Waals surface area contributed by atoms with Gasteiger partial charge in [0.2, 0.25) is 11.8 Å². The van der Waals surface area contributed by atoms with Crippen LogP contribution in [0, 0.1) is 5.82 Å². The van der Waals surface area contributed by atoms with Crippen molar-refractivity contribution in [3.63, 3.8) is 0 Å². The van der Waals surface area contributed by atoms with Crippen LogP contribution in [0.3, 0.4) is 0 Å². The number of likely N-dealkylation sites (N-methyl/N-ethyl adjacent to an activating group) is 1. The fourth-order valence-corrected chi connectivity index (χ4v) is 5.33. The highest BCUT2D eigenvalue weighted by molar-refractivity contribution is 7.92. The molecule has 11 heteroatoms. The second-order valence-electron chi connectivity index (χ2n) is 7.86. The molecule has 0 saturated carbocycles. The van der Waals surface area contributed by atoms with Gasteiger partial charge < -0.3 is 10.2 Å². The third-order valence-corrected chi connectivity index (χ3v) is 7.77. The number of carbonyl (C=O) groups excluding carboxylic acids is 2. The molecule has 0 spiro atoms. The lowest BCUT2D eigenvalue weighted by molar-refractivity contribution is -0.139. The Kier molecular flexibility index (Phi) is 8.94. The van der Waals surface area contributed by atoms with Gasteiger partial charge in [0.25, 0.3) is 10.0 Å². The summed E-state index contributed by atoms with van der Waals surface area (Å²) < 4.78 is 41.8. The van der Waals surface area contributed by atoms with Crippen LogP contribution in [-0.4, -0.2) is 44.8 Å². The average Bonchev–Trinajstić information content (AvgIpc) is 2.87. The zero-order valence-electron chi connectivity index (χ0n) is 19.5. The molecule has 3 aromatic carbocycles. The smallest absolute Gasteiger partial charge is 0.264 e. The Balaban J connectivity index is 2.05. The molecule has 3 aromatic rings. The van der Waals surface area contributed by atoms with Crippen LogP contribution in [0.2, 0.25) is 10.0 Å². The van der Waals surface area contributed by atoms with Crippen LogP contribution in [0.5, 0.6) is 0 Å². The summed E-state index contributed by atoms with van der Waals surface area (Å²) in [7, 11) is -2.82. The zero-order chi connectivity index (χ0) is 26.5. The van der Waals surface area contributed by atoms with E-state index in [-0.39, 0.29) is 22.2 Å². The Morgan fingerprint density at radius 2 is 1.69 bits per heavy atom. The van der Waals surface area contributed by atoms with Crippen LogP contribution >= 0.6 is 23.2 Å². The van der Waals surface area contributed by atoms with Crippen LogP contribution in [0.4, 0.5) is 10.1 Å². The van der Waals surface area contributed by atoms with Gasteiger partial charge in [0, 0.05) is 18.6 Å². The first-order chi connectivity index (χ1) is 17.0. The first-order valence-electron chi connectivity index (χ1n) is 10.8. The van der Waals surface area contributed by atoms with Gasteiger partial charge in [-0.05, 0) is 55.0 Å². The van der Waals surface area contributed by atoms with Gasteiger partial charge in [0.1, 0.15) is 18.4 Å². The third kappa shape index (κ3) is 6.34. The maximum atomic E-state index is 13.9. The average molecular weight is 552 g/mol. The number of rotatable bonds is 9. The molecule has 3 rings (SSSR count). The highest BCUT2D eigenvalue weighted by Crippen LogP contribution is 2.28. The summed E-state index contributed by atoms with van der Waals surface area (Å²) in [5.74, 6) is -1.83. The van der Waals surface area contributed by atoms with Gasteiger partial charge >= 0.3 is 0 Å². The molecule has 0 aliphatic rings. The van der Waals surface area contributed by atoms with E-state index in [1.165, 1.54) is 37.1 Å². The second kappa shape index (κ2) is 11.7. The fourth-order valence-electron chi connectivity index (χ4n) is 3.51. The summed E-state index contributed by atoms with van der Waals surface area (Å²) in [6, 6.07) is 16.7. The molecule has 1 N–H and O–H groups in total. The van der Waals surface area contributed by atoms with Gasteiger partial charge in [-0.1, -0.05) is 53.5 Å². The Labute approximate surface area is 219 Å². The van der Waals surface area contributed by atoms with Crippen LogP contribution < -0.4 is 9.62 Å². The number of carbonyl (C=O) groups is 2. The number of nitrogens with one attached hydrogen (secondary N) is 1. The lowest BCUT2D eigenvalue weighted by Gasteiger charge is -2.31. The number of nitrogens with zero attached hydrogens (tertiary/aromatic N) is 2. The van der Waals surface area contributed by atoms with E-state index in [4.69, 9.17) is 23.2 Å². The van der Waals surface area contributed by atoms with Crippen molar-refractivity contribution in [2.75, 3.05) is 17.9 Å². The molecular weight excluding hydrogens is 528 g/mol. The third-order valence-electron chi connectivity index (χ3n) is 5.46. The number of halogens is 3. The minimum atomic E-state index is -4.26. The van der Waals surface area contributed by atoms with E-state index in [9.17, 15) is 22.4 Å². The number of anilines is 1. The quantitative estimate of drug-likeness (QED) is 0.424. The minimum absolute atomic E-state index is 0.00260. The van der Waals surface area contributed by atoms with Crippen molar-refractivity contribution in [2.45, 2.75) is 24.4 Å². The van der Waals surface area contributed by atoms with Gasteiger partial charge in [-0.2, -0.15) is 0 Å². The van der Waals surface area contributed by atoms with Crippen molar-refractivity contribution in [1.82, 2.24) is 10.2 Å². The van der Waals surface area contributed by atoms with Crippen molar-refractivity contribution in [1.29, 1.82) is 0 Å². The first-order valence-corrected chi connectivity index (χ1v) is 13.0. The molecule has 0 aliphatic carbocycles. The first kappa shape index (κ1) is 27.4. The van der Waals surface area contributed by atoms with E-state index >= 15 is 0 Å². The molecule has 190 valence electrons. The van der Waals surface area contributed by atoms with E-state index in [2.05, 4.69) is 5.32 Å². The normalized spacial score (nSPS) is 12.0. The van der Waals surface area contributed by atoms with Gasteiger partial charge in [0.05, 0.1) is 15.6 Å². The molecule has 0 saturated heterocycles. The number of benzene rings is 3. The van der Waals surface area contributed by atoms with Crippen molar-refractivity contribution >= 4 is 50.7 Å². The summed E-state index contributed by atoms with van der Waals surface area (Å²) in [6.07, 6.45) is 0. The Morgan fingerprint density at radius 1 is 1.00 bits per heavy atom. The van der Waals surface area contributed by atoms with Crippen molar-refractivity contribution in [2.24, 2.45) is 0 Å². The van der Waals surface area contributed by atoms with Crippen molar-refractivity contribution < 1.29 is 22.4 Å². The highest BCUT2D eigenvalue weighted by atomic mass is 35.5. The summed E-state index contributed by atoms with van der Waals surface area (Å²) >= 11 is 12.0. The van der Waals surface area contributed by atoms with E-state index in [0.717, 1.165) is 16.4 Å². The Morgan fingerprint density at radius 3 is 2.31 bits per heavy atom. The van der Waals surface area contributed by atoms with E-state index in [0.29, 0.717) is 10.6 Å². The fraction of sp³-hybridized carbons (Fsp3) is 0.200. The van der Waals surface area contributed by atoms with Crippen LogP contribution in [0.15, 0.2) is 77.7 Å². The van der Waals surface area contributed by atoms with Gasteiger partial charge in [0.15, 0.2) is 0 Å². The molecule has 1 atom stereocenters. The molecule has 2 amide bonds. The maximum absolute atomic E-state index is 13.9. The van der Waals surface area contributed by atoms with Crippen LogP contribution in [-0.2, 0) is 26.2 Å². The molecule has 0 aliphatic heterocycles. The van der Waals surface area contributed by atoms with Crippen LogP contribution in [0.25, 0.3) is 0 Å². The van der Waals surface area contributed by atoms with Crippen LogP contribution in [0.1, 0.15) is 12.5 Å². The lowest BCUT2D eigenvalue weighted by Crippen LogP contribution is -2.50. The standard InChI is InChI=1S/C25H24Cl2FN3O4S/c1-17(25(33)29-2)30(15-18-7-6-8-19(26)13-18)24(32)16-31(20-11-12-23(28)22(27)14-20)36(34,35)21-9-4-3-5-10-21/h3-14,17H,15-16H2,1-2H3,(H,29,33). The number of hydrogen-bond acceptors (Lipinski definition) is 4. The predicted octanol–water partition coefficient (Wildman–Crippen LogP) is 4.49. The van der Waals surface area contributed by atoms with Gasteiger partial charge in [-0.15, -0.1) is 0 Å². The van der Waals surface area contributed by atoms with E-state index in [1.807, 2.05) is 0 Å². The topological polar surface area (TPSA) is 86.8 Å². The highest BCUT2D eigenvalue weighted by Gasteiger charge is 2.32. The summed E-state index contributed by atoms with van der Waals surface area (Å²) in [4.78, 5) is 27.2. The summed E-state index contributed by atoms with van der Waals surface area (Å²) in [6.45, 7) is 0.866. The zero-order valence-corrected chi connectivity index (χ0v) is 21.8.